The van der Waals surface area contributed by atoms with Crippen LogP contribution < -0.4 is 15.0 Å². The predicted molar refractivity (Wildman–Crippen MR) is 148 cm³/mol. The third-order valence-corrected chi connectivity index (χ3v) is 7.01. The third-order valence-electron chi connectivity index (χ3n) is 7.01. The first-order valence-corrected chi connectivity index (χ1v) is 13.2. The van der Waals surface area contributed by atoms with Gasteiger partial charge in [-0.3, -0.25) is 9.69 Å². The molecule has 2 saturated heterocycles. The summed E-state index contributed by atoms with van der Waals surface area (Å²) in [7, 11) is 0. The number of carbonyl (C=O) groups is 1. The number of nitrogens with one attached hydrogen (secondary N) is 1. The topological polar surface area (TPSA) is 63.3 Å². The molecule has 2 fully saturated rings. The van der Waals surface area contributed by atoms with Gasteiger partial charge in [-0.25, -0.2) is 0 Å². The molecule has 0 bridgehead atoms. The number of carbonyl (C=O) groups excluding carboxylic acids is 1. The maximum absolute atomic E-state index is 13.4. The van der Waals surface area contributed by atoms with Gasteiger partial charge >= 0.3 is 0 Å². The molecule has 2 atom stereocenters. The number of hydrogen-bond donors (Lipinski definition) is 1. The number of amides is 1. The number of hydrogen-bond acceptors (Lipinski definition) is 6. The second-order valence-electron chi connectivity index (χ2n) is 10.1. The lowest BCUT2D eigenvalue weighted by molar-refractivity contribution is -0.00522. The highest BCUT2D eigenvalue weighted by Crippen LogP contribution is 2.32. The molecule has 3 aromatic rings. The lowest BCUT2D eigenvalue weighted by atomic mass is 10.1. The van der Waals surface area contributed by atoms with Crippen LogP contribution in [0.1, 0.15) is 29.8 Å². The minimum atomic E-state index is -0.120. The molecule has 0 aliphatic carbocycles. The summed E-state index contributed by atoms with van der Waals surface area (Å²) < 4.78 is 17.5. The Balaban J connectivity index is 1.32. The minimum absolute atomic E-state index is 0.120. The minimum Gasteiger partial charge on any atom is -0.492 e. The van der Waals surface area contributed by atoms with Crippen molar-refractivity contribution in [2.45, 2.75) is 33.0 Å². The smallest absolute Gasteiger partial charge is 0.255 e. The summed E-state index contributed by atoms with van der Waals surface area (Å²) in [6, 6.07) is 18.0. The summed E-state index contributed by atoms with van der Waals surface area (Å²) in [5.41, 5.74) is 3.54. The summed E-state index contributed by atoms with van der Waals surface area (Å²) in [4.78, 5) is 18.1. The van der Waals surface area contributed by atoms with Crippen molar-refractivity contribution < 1.29 is 19.0 Å². The van der Waals surface area contributed by atoms with E-state index >= 15 is 0 Å². The molecule has 2 heterocycles. The number of aryl methyl sites for hydroxylation is 1. The van der Waals surface area contributed by atoms with Gasteiger partial charge in [-0.1, -0.05) is 24.3 Å². The molecule has 0 aromatic heterocycles. The number of fused-ring (bicyclic) bond motifs is 1. The van der Waals surface area contributed by atoms with Crippen LogP contribution in [0.15, 0.2) is 54.6 Å². The molecule has 2 unspecified atom stereocenters. The lowest BCUT2D eigenvalue weighted by Crippen LogP contribution is -2.45. The number of benzene rings is 3. The van der Waals surface area contributed by atoms with Gasteiger partial charge in [0.1, 0.15) is 12.4 Å². The maximum Gasteiger partial charge on any atom is 0.255 e. The fraction of sp³-hybridized carbons (Fsp3) is 0.433. The van der Waals surface area contributed by atoms with Crippen molar-refractivity contribution in [1.82, 2.24) is 4.90 Å². The molecule has 0 radical (unpaired) electrons. The van der Waals surface area contributed by atoms with E-state index in [0.29, 0.717) is 12.2 Å². The highest BCUT2D eigenvalue weighted by molar-refractivity contribution is 6.10. The number of ether oxygens (including phenoxy) is 3. The van der Waals surface area contributed by atoms with Crippen LogP contribution in [0.25, 0.3) is 10.8 Å². The predicted octanol–water partition coefficient (Wildman–Crippen LogP) is 4.73. The second kappa shape index (κ2) is 11.5. The van der Waals surface area contributed by atoms with Crippen molar-refractivity contribution in [3.8, 4) is 5.75 Å². The zero-order valence-electron chi connectivity index (χ0n) is 22.0. The molecule has 0 spiro atoms. The summed E-state index contributed by atoms with van der Waals surface area (Å²) >= 11 is 0. The van der Waals surface area contributed by atoms with Gasteiger partial charge in [-0.15, -0.1) is 0 Å². The van der Waals surface area contributed by atoms with Crippen molar-refractivity contribution in [1.29, 1.82) is 0 Å². The molecule has 2 aliphatic heterocycles. The van der Waals surface area contributed by atoms with Crippen LogP contribution in [0.4, 0.5) is 11.4 Å². The summed E-state index contributed by atoms with van der Waals surface area (Å²) in [5.74, 6) is 0.709. The van der Waals surface area contributed by atoms with Crippen LogP contribution in [0.2, 0.25) is 0 Å². The van der Waals surface area contributed by atoms with Crippen molar-refractivity contribution in [3.63, 3.8) is 0 Å². The molecule has 7 nitrogen and oxygen atoms in total. The molecule has 3 aromatic carbocycles. The Hall–Kier alpha value is -3.13. The van der Waals surface area contributed by atoms with Crippen molar-refractivity contribution in [2.24, 2.45) is 0 Å². The van der Waals surface area contributed by atoms with Crippen molar-refractivity contribution >= 4 is 28.1 Å². The van der Waals surface area contributed by atoms with E-state index in [2.05, 4.69) is 35.0 Å². The average molecular weight is 504 g/mol. The first-order valence-electron chi connectivity index (χ1n) is 13.2. The highest BCUT2D eigenvalue weighted by atomic mass is 16.5. The van der Waals surface area contributed by atoms with Crippen LogP contribution in [0, 0.1) is 6.92 Å². The number of nitrogens with zero attached hydrogens (tertiary/aromatic N) is 2. The van der Waals surface area contributed by atoms with Crippen LogP contribution in [-0.4, -0.2) is 75.6 Å². The van der Waals surface area contributed by atoms with E-state index in [1.807, 2.05) is 55.5 Å². The first-order chi connectivity index (χ1) is 18.0. The standard InChI is InChI=1S/C30H37N3O4/c1-21-16-24(18-25(17-21)33-19-22(2)37-23(3)20-33)30(34)31-28-8-9-29(27-7-5-4-6-26(27)28)36-15-12-32-10-13-35-14-11-32/h4-9,16-18,22-23H,10-15,19-20H2,1-3H3,(H,31,34). The van der Waals surface area contributed by atoms with E-state index in [-0.39, 0.29) is 18.1 Å². The zero-order valence-corrected chi connectivity index (χ0v) is 22.0. The maximum atomic E-state index is 13.4. The van der Waals surface area contributed by atoms with E-state index in [1.54, 1.807) is 0 Å². The second-order valence-corrected chi connectivity index (χ2v) is 10.1. The monoisotopic (exact) mass is 503 g/mol. The Bertz CT molecular complexity index is 1230. The van der Waals surface area contributed by atoms with E-state index < -0.39 is 0 Å². The van der Waals surface area contributed by atoms with E-state index in [1.165, 1.54) is 0 Å². The Morgan fingerprint density at radius 2 is 1.73 bits per heavy atom. The summed E-state index contributed by atoms with van der Waals surface area (Å²) in [6.45, 7) is 12.8. The number of morpholine rings is 2. The first kappa shape index (κ1) is 25.5. The highest BCUT2D eigenvalue weighted by Gasteiger charge is 2.23. The molecular weight excluding hydrogens is 466 g/mol. The van der Waals surface area contributed by atoms with E-state index in [0.717, 1.165) is 79.4 Å². The van der Waals surface area contributed by atoms with E-state index in [9.17, 15) is 4.79 Å². The fourth-order valence-corrected chi connectivity index (χ4v) is 5.28. The van der Waals surface area contributed by atoms with Crippen LogP contribution in [0.5, 0.6) is 5.75 Å². The molecule has 37 heavy (non-hydrogen) atoms. The van der Waals surface area contributed by atoms with Gasteiger partial charge < -0.3 is 24.4 Å². The summed E-state index contributed by atoms with van der Waals surface area (Å²) in [5, 5.41) is 5.10. The largest absolute Gasteiger partial charge is 0.492 e. The van der Waals surface area contributed by atoms with Crippen LogP contribution >= 0.6 is 0 Å². The molecule has 196 valence electrons. The quantitative estimate of drug-likeness (QED) is 0.503. The van der Waals surface area contributed by atoms with Gasteiger partial charge in [0.15, 0.2) is 0 Å². The Morgan fingerprint density at radius 1 is 1.00 bits per heavy atom. The van der Waals surface area contributed by atoms with Crippen molar-refractivity contribution in [2.75, 3.05) is 62.8 Å². The van der Waals surface area contributed by atoms with Gasteiger partial charge in [0.25, 0.3) is 5.91 Å². The Kier molecular flexibility index (Phi) is 7.93. The van der Waals surface area contributed by atoms with Gasteiger partial charge in [0.2, 0.25) is 0 Å². The van der Waals surface area contributed by atoms with Gasteiger partial charge in [-0.05, 0) is 56.7 Å². The molecular formula is C30H37N3O4. The van der Waals surface area contributed by atoms with Crippen LogP contribution in [0.3, 0.4) is 0 Å². The zero-order chi connectivity index (χ0) is 25.8. The Morgan fingerprint density at radius 3 is 2.49 bits per heavy atom. The average Bonchev–Trinajstić information content (AvgIpc) is 2.89. The molecule has 1 N–H and O–H groups in total. The fourth-order valence-electron chi connectivity index (χ4n) is 5.28. The molecule has 1 amide bonds. The summed E-state index contributed by atoms with van der Waals surface area (Å²) in [6.07, 6.45) is 0.310. The normalized spacial score (nSPS) is 20.7. The molecule has 7 heteroatoms. The number of rotatable bonds is 7. The molecule has 2 aliphatic rings. The van der Waals surface area contributed by atoms with E-state index in [4.69, 9.17) is 14.2 Å². The molecule has 5 rings (SSSR count). The lowest BCUT2D eigenvalue weighted by Gasteiger charge is -2.37. The van der Waals surface area contributed by atoms with Gasteiger partial charge in [0.05, 0.1) is 25.4 Å². The van der Waals surface area contributed by atoms with Crippen LogP contribution in [-0.2, 0) is 9.47 Å². The Labute approximate surface area is 219 Å². The van der Waals surface area contributed by atoms with Gasteiger partial charge in [-0.2, -0.15) is 0 Å². The van der Waals surface area contributed by atoms with Gasteiger partial charge in [0, 0.05) is 60.4 Å². The number of anilines is 2. The van der Waals surface area contributed by atoms with Crippen molar-refractivity contribution in [3.05, 3.63) is 65.7 Å². The molecule has 0 saturated carbocycles. The third kappa shape index (κ3) is 6.24. The SMILES string of the molecule is Cc1cc(C(=O)Nc2ccc(OCCN3CCOCC3)c3ccccc23)cc(N2CC(C)OC(C)C2)c1.